The van der Waals surface area contributed by atoms with Crippen LogP contribution in [-0.2, 0) is 6.54 Å². The molecule has 3 heteroatoms. The maximum Gasteiger partial charge on any atom is 0.0465 e. The van der Waals surface area contributed by atoms with Crippen LogP contribution >= 0.6 is 23.2 Å². The number of benzene rings is 1. The predicted octanol–water partition coefficient (Wildman–Crippen LogP) is 4.91. The Balaban J connectivity index is 1.96. The Kier molecular flexibility index (Phi) is 4.94. The smallest absolute Gasteiger partial charge is 0.0465 e. The first-order valence-corrected chi connectivity index (χ1v) is 7.55. The van der Waals surface area contributed by atoms with Crippen molar-refractivity contribution in [2.24, 2.45) is 11.8 Å². The Hall–Kier alpha value is -0.240. The molecule has 0 radical (unpaired) electrons. The molecule has 0 heterocycles. The Labute approximate surface area is 120 Å². The first-order valence-electron chi connectivity index (χ1n) is 6.79. The highest BCUT2D eigenvalue weighted by Crippen LogP contribution is 2.34. The second-order valence-electron chi connectivity index (χ2n) is 5.29. The van der Waals surface area contributed by atoms with Gasteiger partial charge in [0.15, 0.2) is 0 Å². The quantitative estimate of drug-likeness (QED) is 0.829. The molecule has 1 N–H and O–H groups in total. The van der Waals surface area contributed by atoms with Gasteiger partial charge in [-0.3, -0.25) is 0 Å². The summed E-state index contributed by atoms with van der Waals surface area (Å²) in [5.74, 6) is 1.61. The zero-order valence-corrected chi connectivity index (χ0v) is 12.6. The van der Waals surface area contributed by atoms with Crippen molar-refractivity contribution >= 4 is 23.2 Å². The van der Waals surface area contributed by atoms with Crippen molar-refractivity contribution < 1.29 is 0 Å². The molecule has 1 nitrogen and oxygen atoms in total. The number of rotatable bonds is 4. The molecule has 18 heavy (non-hydrogen) atoms. The minimum Gasteiger partial charge on any atom is -0.310 e. The van der Waals surface area contributed by atoms with E-state index in [0.717, 1.165) is 34.0 Å². The van der Waals surface area contributed by atoms with Gasteiger partial charge in [0.2, 0.25) is 0 Å². The molecule has 1 aromatic carbocycles. The molecule has 100 valence electrons. The molecular weight excluding hydrogens is 265 g/mol. The summed E-state index contributed by atoms with van der Waals surface area (Å²) in [5.41, 5.74) is 1.02. The average Bonchev–Trinajstić information content (AvgIpc) is 2.70. The molecule has 3 atom stereocenters. The van der Waals surface area contributed by atoms with Crippen LogP contribution in [0.2, 0.25) is 10.0 Å². The summed E-state index contributed by atoms with van der Waals surface area (Å²) >= 11 is 12.4. The van der Waals surface area contributed by atoms with Gasteiger partial charge < -0.3 is 5.32 Å². The van der Waals surface area contributed by atoms with Crippen LogP contribution in [0.1, 0.15) is 38.7 Å². The van der Waals surface area contributed by atoms with E-state index in [4.69, 9.17) is 23.2 Å². The van der Waals surface area contributed by atoms with Crippen LogP contribution in [0.4, 0.5) is 0 Å². The Morgan fingerprint density at radius 2 is 1.89 bits per heavy atom. The maximum atomic E-state index is 6.18. The largest absolute Gasteiger partial charge is 0.310 e. The molecule has 1 fully saturated rings. The summed E-state index contributed by atoms with van der Waals surface area (Å²) in [6, 6.07) is 6.29. The van der Waals surface area contributed by atoms with E-state index >= 15 is 0 Å². The monoisotopic (exact) mass is 285 g/mol. The lowest BCUT2D eigenvalue weighted by atomic mass is 9.93. The van der Waals surface area contributed by atoms with Gasteiger partial charge in [0.1, 0.15) is 0 Å². The highest BCUT2D eigenvalue weighted by Gasteiger charge is 2.31. The van der Waals surface area contributed by atoms with Crippen molar-refractivity contribution in [3.05, 3.63) is 33.8 Å². The summed E-state index contributed by atoms with van der Waals surface area (Å²) in [4.78, 5) is 0. The molecule has 1 aromatic rings. The third kappa shape index (κ3) is 3.01. The fraction of sp³-hybridized carbons (Fsp3) is 0.600. The van der Waals surface area contributed by atoms with E-state index in [1.807, 2.05) is 18.2 Å². The van der Waals surface area contributed by atoms with Crippen molar-refractivity contribution in [2.45, 2.75) is 45.7 Å². The summed E-state index contributed by atoms with van der Waals surface area (Å²) < 4.78 is 0. The molecule has 0 aliphatic heterocycles. The first-order chi connectivity index (χ1) is 8.63. The summed E-state index contributed by atoms with van der Waals surface area (Å²) in [6.45, 7) is 5.41. The lowest BCUT2D eigenvalue weighted by Crippen LogP contribution is -2.32. The fourth-order valence-electron chi connectivity index (χ4n) is 3.05. The van der Waals surface area contributed by atoms with Gasteiger partial charge in [0.05, 0.1) is 0 Å². The third-order valence-corrected chi connectivity index (χ3v) is 5.06. The number of halogens is 2. The van der Waals surface area contributed by atoms with Gasteiger partial charge >= 0.3 is 0 Å². The molecule has 0 bridgehead atoms. The highest BCUT2D eigenvalue weighted by atomic mass is 35.5. The molecule has 1 aliphatic rings. The van der Waals surface area contributed by atoms with Crippen molar-refractivity contribution in [3.63, 3.8) is 0 Å². The van der Waals surface area contributed by atoms with E-state index in [2.05, 4.69) is 19.2 Å². The van der Waals surface area contributed by atoms with Gasteiger partial charge in [-0.2, -0.15) is 0 Å². The van der Waals surface area contributed by atoms with Gasteiger partial charge in [0, 0.05) is 28.2 Å². The summed E-state index contributed by atoms with van der Waals surface area (Å²) in [6.07, 6.45) is 3.89. The molecule has 1 aliphatic carbocycles. The number of hydrogen-bond acceptors (Lipinski definition) is 1. The highest BCUT2D eigenvalue weighted by molar-refractivity contribution is 6.35. The van der Waals surface area contributed by atoms with Crippen LogP contribution < -0.4 is 5.32 Å². The zero-order valence-electron chi connectivity index (χ0n) is 11.0. The van der Waals surface area contributed by atoms with E-state index in [1.54, 1.807) is 0 Å². The third-order valence-electron chi connectivity index (χ3n) is 4.35. The SMILES string of the molecule is CCC1CCC(NCc2c(Cl)cccc2Cl)C1C. The van der Waals surface area contributed by atoms with E-state index in [0.29, 0.717) is 6.04 Å². The second-order valence-corrected chi connectivity index (χ2v) is 6.11. The van der Waals surface area contributed by atoms with Gasteiger partial charge in [0.25, 0.3) is 0 Å². The molecule has 0 saturated heterocycles. The molecule has 0 amide bonds. The standard InChI is InChI=1S/C15H21Cl2N/c1-3-11-7-8-15(10(11)2)18-9-12-13(16)5-4-6-14(12)17/h4-6,10-11,15,18H,3,7-9H2,1-2H3. The van der Waals surface area contributed by atoms with Crippen molar-refractivity contribution in [1.29, 1.82) is 0 Å². The topological polar surface area (TPSA) is 12.0 Å². The first kappa shape index (κ1) is 14.2. The minimum atomic E-state index is 0.599. The molecule has 0 aromatic heterocycles. The van der Waals surface area contributed by atoms with E-state index in [1.165, 1.54) is 19.3 Å². The summed E-state index contributed by atoms with van der Waals surface area (Å²) in [5, 5.41) is 5.14. The Morgan fingerprint density at radius 1 is 1.22 bits per heavy atom. The molecule has 3 unspecified atom stereocenters. The van der Waals surface area contributed by atoms with Gasteiger partial charge in [-0.1, -0.05) is 49.5 Å². The Bertz CT molecular complexity index is 385. The van der Waals surface area contributed by atoms with Crippen LogP contribution in [0.3, 0.4) is 0 Å². The van der Waals surface area contributed by atoms with E-state index < -0.39 is 0 Å². The van der Waals surface area contributed by atoms with Crippen molar-refractivity contribution in [3.8, 4) is 0 Å². The fourth-order valence-corrected chi connectivity index (χ4v) is 3.58. The number of hydrogen-bond donors (Lipinski definition) is 1. The molecule has 1 saturated carbocycles. The van der Waals surface area contributed by atoms with Crippen LogP contribution in [0, 0.1) is 11.8 Å². The lowest BCUT2D eigenvalue weighted by Gasteiger charge is -2.21. The molecular formula is C15H21Cl2N. The summed E-state index contributed by atoms with van der Waals surface area (Å²) in [7, 11) is 0. The van der Waals surface area contributed by atoms with Crippen LogP contribution in [0.25, 0.3) is 0 Å². The van der Waals surface area contributed by atoms with Crippen molar-refractivity contribution in [1.82, 2.24) is 5.32 Å². The van der Waals surface area contributed by atoms with E-state index in [9.17, 15) is 0 Å². The lowest BCUT2D eigenvalue weighted by molar-refractivity contribution is 0.344. The van der Waals surface area contributed by atoms with Crippen LogP contribution in [0.15, 0.2) is 18.2 Å². The number of nitrogens with one attached hydrogen (secondary N) is 1. The van der Waals surface area contributed by atoms with Gasteiger partial charge in [-0.15, -0.1) is 0 Å². The van der Waals surface area contributed by atoms with Crippen LogP contribution in [-0.4, -0.2) is 6.04 Å². The van der Waals surface area contributed by atoms with Crippen LogP contribution in [0.5, 0.6) is 0 Å². The molecule has 2 rings (SSSR count). The Morgan fingerprint density at radius 3 is 2.44 bits per heavy atom. The molecule has 0 spiro atoms. The minimum absolute atomic E-state index is 0.599. The van der Waals surface area contributed by atoms with E-state index in [-0.39, 0.29) is 0 Å². The zero-order chi connectivity index (χ0) is 13.1. The van der Waals surface area contributed by atoms with Gasteiger partial charge in [-0.25, -0.2) is 0 Å². The normalized spacial score (nSPS) is 27.7. The maximum absolute atomic E-state index is 6.18. The second kappa shape index (κ2) is 6.27. The predicted molar refractivity (Wildman–Crippen MR) is 79.3 cm³/mol. The van der Waals surface area contributed by atoms with Crippen molar-refractivity contribution in [2.75, 3.05) is 0 Å². The van der Waals surface area contributed by atoms with Gasteiger partial charge in [-0.05, 0) is 36.8 Å². The average molecular weight is 286 g/mol.